The van der Waals surface area contributed by atoms with Gasteiger partial charge in [-0.3, -0.25) is 10.1 Å². The Hall–Kier alpha value is -2.50. The molecule has 0 aliphatic rings. The molecule has 1 aromatic heterocycles. The maximum absolute atomic E-state index is 10.9. The summed E-state index contributed by atoms with van der Waals surface area (Å²) < 4.78 is 2.05. The predicted molar refractivity (Wildman–Crippen MR) is 72.2 cm³/mol. The molecule has 0 aliphatic carbocycles. The van der Waals surface area contributed by atoms with Gasteiger partial charge in [0.15, 0.2) is 0 Å². The number of anilines is 1. The molecular weight excluding hydrogens is 246 g/mol. The van der Waals surface area contributed by atoms with Crippen LogP contribution in [0.1, 0.15) is 12.6 Å². The first-order valence-electron chi connectivity index (χ1n) is 5.97. The standard InChI is InChI=1S/C13H15N3O3/c1-2-15-7-3-4-10(15)9-14-12-6-5-11(17)8-13(12)16(18)19/h3-8,14,17H,2,9H2,1H3. The molecule has 0 radical (unpaired) electrons. The lowest BCUT2D eigenvalue weighted by Crippen LogP contribution is -2.07. The van der Waals surface area contributed by atoms with Crippen LogP contribution in [-0.4, -0.2) is 14.6 Å². The van der Waals surface area contributed by atoms with Gasteiger partial charge < -0.3 is 15.0 Å². The van der Waals surface area contributed by atoms with E-state index in [9.17, 15) is 15.2 Å². The van der Waals surface area contributed by atoms with E-state index >= 15 is 0 Å². The van der Waals surface area contributed by atoms with Gasteiger partial charge in [0, 0.05) is 18.4 Å². The summed E-state index contributed by atoms with van der Waals surface area (Å²) in [5.41, 5.74) is 1.31. The number of aryl methyl sites for hydroxylation is 1. The quantitative estimate of drug-likeness (QED) is 0.492. The van der Waals surface area contributed by atoms with Crippen LogP contribution in [-0.2, 0) is 13.1 Å². The van der Waals surface area contributed by atoms with Gasteiger partial charge in [0.25, 0.3) is 5.69 Å². The molecule has 2 rings (SSSR count). The molecular formula is C13H15N3O3. The van der Waals surface area contributed by atoms with Crippen LogP contribution in [0.4, 0.5) is 11.4 Å². The third-order valence-corrected chi connectivity index (χ3v) is 2.90. The van der Waals surface area contributed by atoms with E-state index in [4.69, 9.17) is 0 Å². The highest BCUT2D eigenvalue weighted by molar-refractivity contribution is 5.63. The summed E-state index contributed by atoms with van der Waals surface area (Å²) in [5, 5.41) is 23.2. The smallest absolute Gasteiger partial charge is 0.296 e. The normalized spacial score (nSPS) is 10.4. The molecule has 0 saturated heterocycles. The molecule has 2 aromatic rings. The lowest BCUT2D eigenvalue weighted by atomic mass is 10.2. The van der Waals surface area contributed by atoms with Crippen LogP contribution in [0.25, 0.3) is 0 Å². The fourth-order valence-electron chi connectivity index (χ4n) is 1.92. The van der Waals surface area contributed by atoms with Crippen molar-refractivity contribution in [2.75, 3.05) is 5.32 Å². The zero-order chi connectivity index (χ0) is 13.8. The summed E-state index contributed by atoms with van der Waals surface area (Å²) in [5.74, 6) is -0.116. The first-order valence-corrected chi connectivity index (χ1v) is 5.97. The highest BCUT2D eigenvalue weighted by Gasteiger charge is 2.14. The van der Waals surface area contributed by atoms with Gasteiger partial charge in [0.05, 0.1) is 17.5 Å². The van der Waals surface area contributed by atoms with Crippen molar-refractivity contribution in [3.8, 4) is 5.75 Å². The van der Waals surface area contributed by atoms with Crippen LogP contribution in [0.3, 0.4) is 0 Å². The lowest BCUT2D eigenvalue weighted by molar-refractivity contribution is -0.384. The summed E-state index contributed by atoms with van der Waals surface area (Å²) in [6.07, 6.45) is 1.96. The highest BCUT2D eigenvalue weighted by Crippen LogP contribution is 2.28. The van der Waals surface area contributed by atoms with Crippen LogP contribution < -0.4 is 5.32 Å². The van der Waals surface area contributed by atoms with E-state index in [1.807, 2.05) is 25.3 Å². The number of hydrogen-bond donors (Lipinski definition) is 2. The summed E-state index contributed by atoms with van der Waals surface area (Å²) >= 11 is 0. The molecule has 1 aromatic carbocycles. The van der Waals surface area contributed by atoms with Crippen molar-refractivity contribution in [1.29, 1.82) is 0 Å². The van der Waals surface area contributed by atoms with Crippen molar-refractivity contribution in [1.82, 2.24) is 4.57 Å². The van der Waals surface area contributed by atoms with Crippen molar-refractivity contribution >= 4 is 11.4 Å². The van der Waals surface area contributed by atoms with E-state index in [0.29, 0.717) is 12.2 Å². The van der Waals surface area contributed by atoms with Gasteiger partial charge in [0.1, 0.15) is 11.4 Å². The molecule has 0 spiro atoms. The molecule has 1 heterocycles. The van der Waals surface area contributed by atoms with Gasteiger partial charge in [-0.15, -0.1) is 0 Å². The first-order chi connectivity index (χ1) is 9.11. The van der Waals surface area contributed by atoms with E-state index in [1.165, 1.54) is 12.1 Å². The number of phenols is 1. The maximum atomic E-state index is 10.9. The van der Waals surface area contributed by atoms with E-state index in [0.717, 1.165) is 18.3 Å². The minimum absolute atomic E-state index is 0.116. The molecule has 6 heteroatoms. The summed E-state index contributed by atoms with van der Waals surface area (Å²) in [7, 11) is 0. The third-order valence-electron chi connectivity index (χ3n) is 2.90. The summed E-state index contributed by atoms with van der Waals surface area (Å²) in [6.45, 7) is 3.38. The van der Waals surface area contributed by atoms with Crippen molar-refractivity contribution in [3.63, 3.8) is 0 Å². The van der Waals surface area contributed by atoms with Crippen LogP contribution in [0.2, 0.25) is 0 Å². The Kier molecular flexibility index (Phi) is 3.70. The second-order valence-corrected chi connectivity index (χ2v) is 4.10. The Morgan fingerprint density at radius 2 is 2.21 bits per heavy atom. The van der Waals surface area contributed by atoms with E-state index in [2.05, 4.69) is 9.88 Å². The largest absolute Gasteiger partial charge is 0.508 e. The first kappa shape index (κ1) is 12.9. The van der Waals surface area contributed by atoms with Crippen LogP contribution in [0.5, 0.6) is 5.75 Å². The molecule has 0 saturated carbocycles. The molecule has 0 aliphatic heterocycles. The van der Waals surface area contributed by atoms with E-state index < -0.39 is 4.92 Å². The van der Waals surface area contributed by atoms with Crippen LogP contribution >= 0.6 is 0 Å². The minimum atomic E-state index is -0.513. The molecule has 0 amide bonds. The number of hydrogen-bond acceptors (Lipinski definition) is 4. The topological polar surface area (TPSA) is 80.3 Å². The van der Waals surface area contributed by atoms with E-state index in [1.54, 1.807) is 0 Å². The van der Waals surface area contributed by atoms with Gasteiger partial charge in [-0.05, 0) is 31.2 Å². The number of rotatable bonds is 5. The summed E-state index contributed by atoms with van der Waals surface area (Å²) in [6, 6.07) is 7.97. The van der Waals surface area contributed by atoms with Gasteiger partial charge >= 0.3 is 0 Å². The maximum Gasteiger partial charge on any atom is 0.296 e. The number of aromatic nitrogens is 1. The predicted octanol–water partition coefficient (Wildman–Crippen LogP) is 2.73. The zero-order valence-electron chi connectivity index (χ0n) is 10.5. The third kappa shape index (κ3) is 2.85. The SMILES string of the molecule is CCn1cccc1CNc1ccc(O)cc1[N+](=O)[O-]. The number of aromatic hydroxyl groups is 1. The van der Waals surface area contributed by atoms with Crippen molar-refractivity contribution < 1.29 is 10.0 Å². The Morgan fingerprint density at radius 3 is 2.89 bits per heavy atom. The fourth-order valence-corrected chi connectivity index (χ4v) is 1.92. The Balaban J connectivity index is 2.18. The lowest BCUT2D eigenvalue weighted by Gasteiger charge is -2.09. The van der Waals surface area contributed by atoms with E-state index in [-0.39, 0.29) is 11.4 Å². The van der Waals surface area contributed by atoms with Crippen molar-refractivity contribution in [3.05, 3.63) is 52.3 Å². The Morgan fingerprint density at radius 1 is 1.42 bits per heavy atom. The molecule has 6 nitrogen and oxygen atoms in total. The summed E-state index contributed by atoms with van der Waals surface area (Å²) in [4.78, 5) is 10.4. The Labute approximate surface area is 110 Å². The number of nitrogens with zero attached hydrogens (tertiary/aromatic N) is 2. The van der Waals surface area contributed by atoms with Crippen LogP contribution in [0, 0.1) is 10.1 Å². The molecule has 0 bridgehead atoms. The van der Waals surface area contributed by atoms with Gasteiger partial charge in [0.2, 0.25) is 0 Å². The van der Waals surface area contributed by atoms with Crippen LogP contribution in [0.15, 0.2) is 36.5 Å². The number of nitrogens with one attached hydrogen (secondary N) is 1. The second kappa shape index (κ2) is 5.43. The van der Waals surface area contributed by atoms with Crippen molar-refractivity contribution in [2.45, 2.75) is 20.0 Å². The number of nitro benzene ring substituents is 1. The molecule has 0 fully saturated rings. The minimum Gasteiger partial charge on any atom is -0.508 e. The van der Waals surface area contributed by atoms with Gasteiger partial charge in [-0.1, -0.05) is 0 Å². The number of nitro groups is 1. The number of benzene rings is 1. The zero-order valence-corrected chi connectivity index (χ0v) is 10.5. The molecule has 0 atom stereocenters. The molecule has 2 N–H and O–H groups in total. The molecule has 0 unspecified atom stereocenters. The average molecular weight is 261 g/mol. The van der Waals surface area contributed by atoms with Gasteiger partial charge in [-0.2, -0.15) is 0 Å². The fraction of sp³-hybridized carbons (Fsp3) is 0.231. The average Bonchev–Trinajstić information content (AvgIpc) is 2.84. The molecule has 100 valence electrons. The second-order valence-electron chi connectivity index (χ2n) is 4.10. The monoisotopic (exact) mass is 261 g/mol. The Bertz CT molecular complexity index is 593. The highest BCUT2D eigenvalue weighted by atomic mass is 16.6. The van der Waals surface area contributed by atoms with Gasteiger partial charge in [-0.25, -0.2) is 0 Å². The molecule has 19 heavy (non-hydrogen) atoms. The van der Waals surface area contributed by atoms with Crippen molar-refractivity contribution in [2.24, 2.45) is 0 Å². The number of phenolic OH excluding ortho intramolecular Hbond substituents is 1.